The van der Waals surface area contributed by atoms with E-state index in [2.05, 4.69) is 22.1 Å². The highest BCUT2D eigenvalue weighted by atomic mass is 16.1. The first kappa shape index (κ1) is 13.5. The van der Waals surface area contributed by atoms with E-state index in [-0.39, 0.29) is 5.78 Å². The number of hydrogen-bond acceptors (Lipinski definition) is 3. The van der Waals surface area contributed by atoms with Crippen molar-refractivity contribution < 1.29 is 4.79 Å². The van der Waals surface area contributed by atoms with Crippen molar-refractivity contribution in [2.24, 2.45) is 0 Å². The number of aromatic nitrogens is 2. The molecule has 3 aromatic rings. The minimum atomic E-state index is -0.00745. The highest BCUT2D eigenvalue weighted by molar-refractivity contribution is 6.26. The van der Waals surface area contributed by atoms with Gasteiger partial charge >= 0.3 is 0 Å². The Hall–Kier alpha value is -3.14. The molecule has 23 heavy (non-hydrogen) atoms. The fraction of sp³-hybridized carbons (Fsp3) is 0.0526. The maximum absolute atomic E-state index is 13.0. The number of nitrogens with zero attached hydrogens (tertiary/aromatic N) is 1. The van der Waals surface area contributed by atoms with Gasteiger partial charge in [0.05, 0.1) is 22.5 Å². The number of fused-ring (bicyclic) bond motifs is 3. The van der Waals surface area contributed by atoms with Gasteiger partial charge in [0.1, 0.15) is 5.69 Å². The quantitative estimate of drug-likeness (QED) is 0.595. The van der Waals surface area contributed by atoms with E-state index in [1.54, 1.807) is 0 Å². The predicted molar refractivity (Wildman–Crippen MR) is 91.3 cm³/mol. The van der Waals surface area contributed by atoms with Crippen LogP contribution < -0.4 is 5.32 Å². The summed E-state index contributed by atoms with van der Waals surface area (Å²) in [6, 6.07) is 15.5. The Bertz CT molecular complexity index is 939. The summed E-state index contributed by atoms with van der Waals surface area (Å²) in [6.45, 7) is 5.73. The molecule has 2 N–H and O–H groups in total. The minimum Gasteiger partial charge on any atom is -0.359 e. The Morgan fingerprint density at radius 3 is 2.61 bits per heavy atom. The first-order valence-corrected chi connectivity index (χ1v) is 7.41. The van der Waals surface area contributed by atoms with Crippen molar-refractivity contribution in [2.75, 3.05) is 5.32 Å². The molecule has 0 saturated carbocycles. The highest BCUT2D eigenvalue weighted by Gasteiger charge is 2.34. The molecule has 1 aliphatic carbocycles. The number of hydrogen-bond donors (Lipinski definition) is 2. The minimum absolute atomic E-state index is 0.00745. The third-order valence-electron chi connectivity index (χ3n) is 3.95. The first-order chi connectivity index (χ1) is 11.2. The largest absolute Gasteiger partial charge is 0.359 e. The Morgan fingerprint density at radius 1 is 1.09 bits per heavy atom. The summed E-state index contributed by atoms with van der Waals surface area (Å²) in [5.41, 5.74) is 6.19. The van der Waals surface area contributed by atoms with Gasteiger partial charge in [-0.25, -0.2) is 0 Å². The number of aromatic amines is 1. The van der Waals surface area contributed by atoms with E-state index in [1.165, 1.54) is 0 Å². The highest BCUT2D eigenvalue weighted by Crippen LogP contribution is 2.42. The van der Waals surface area contributed by atoms with Crippen molar-refractivity contribution in [3.05, 3.63) is 71.9 Å². The van der Waals surface area contributed by atoms with E-state index in [0.29, 0.717) is 16.8 Å². The zero-order valence-corrected chi connectivity index (χ0v) is 12.7. The van der Waals surface area contributed by atoms with Gasteiger partial charge in [0.15, 0.2) is 5.78 Å². The van der Waals surface area contributed by atoms with Gasteiger partial charge in [-0.15, -0.1) is 0 Å². The van der Waals surface area contributed by atoms with Crippen LogP contribution in [0.4, 0.5) is 5.69 Å². The molecule has 0 spiro atoms. The van der Waals surface area contributed by atoms with Crippen LogP contribution in [0.25, 0.3) is 22.5 Å². The summed E-state index contributed by atoms with van der Waals surface area (Å²) in [5, 5.41) is 10.6. The number of allylic oxidation sites excluding steroid dienone is 1. The third-order valence-corrected chi connectivity index (χ3v) is 3.95. The molecule has 1 aromatic heterocycles. The van der Waals surface area contributed by atoms with Crippen molar-refractivity contribution >= 4 is 11.5 Å². The Labute approximate surface area is 133 Å². The van der Waals surface area contributed by atoms with Gasteiger partial charge in [0.25, 0.3) is 0 Å². The standard InChI is InChI=1S/C19H15N3O/c1-11(2)20-14-10-6-9-13-15(14)19(23)16-17(21-22-18(13)16)12-7-4-3-5-8-12/h3-10,20H,1H2,2H3,(H,21,22). The van der Waals surface area contributed by atoms with E-state index in [9.17, 15) is 4.79 Å². The number of H-pyrrole nitrogens is 1. The van der Waals surface area contributed by atoms with E-state index >= 15 is 0 Å². The molecule has 0 atom stereocenters. The molecule has 0 unspecified atom stereocenters. The number of ketones is 1. The Kier molecular flexibility index (Phi) is 2.91. The second kappa shape index (κ2) is 4.95. The lowest BCUT2D eigenvalue weighted by molar-refractivity contribution is 0.104. The molecule has 1 heterocycles. The summed E-state index contributed by atoms with van der Waals surface area (Å²) < 4.78 is 0. The van der Waals surface area contributed by atoms with Crippen LogP contribution >= 0.6 is 0 Å². The molecular formula is C19H15N3O. The third kappa shape index (κ3) is 1.99. The molecule has 0 saturated heterocycles. The average Bonchev–Trinajstić information content (AvgIpc) is 3.09. The molecule has 4 heteroatoms. The van der Waals surface area contributed by atoms with Gasteiger partial charge in [-0.3, -0.25) is 9.89 Å². The molecule has 4 rings (SSSR count). The van der Waals surface area contributed by atoms with Crippen LogP contribution in [-0.4, -0.2) is 16.0 Å². The molecule has 2 aromatic carbocycles. The second-order valence-electron chi connectivity index (χ2n) is 5.65. The van der Waals surface area contributed by atoms with Crippen LogP contribution in [0.5, 0.6) is 0 Å². The first-order valence-electron chi connectivity index (χ1n) is 7.41. The lowest BCUT2D eigenvalue weighted by Crippen LogP contribution is -2.04. The van der Waals surface area contributed by atoms with Crippen LogP contribution in [-0.2, 0) is 0 Å². The zero-order chi connectivity index (χ0) is 16.0. The van der Waals surface area contributed by atoms with Crippen molar-refractivity contribution in [3.8, 4) is 22.5 Å². The van der Waals surface area contributed by atoms with E-state index in [0.717, 1.165) is 28.2 Å². The summed E-state index contributed by atoms with van der Waals surface area (Å²) in [4.78, 5) is 13.0. The number of carbonyl (C=O) groups is 1. The number of anilines is 1. The number of rotatable bonds is 3. The molecule has 1 aliphatic rings. The predicted octanol–water partition coefficient (Wildman–Crippen LogP) is 4.23. The molecule has 0 fully saturated rings. The van der Waals surface area contributed by atoms with Gasteiger partial charge in [-0.05, 0) is 13.0 Å². The molecule has 112 valence electrons. The van der Waals surface area contributed by atoms with Gasteiger partial charge in [-0.1, -0.05) is 49.0 Å². The van der Waals surface area contributed by atoms with Crippen molar-refractivity contribution in [1.82, 2.24) is 10.2 Å². The van der Waals surface area contributed by atoms with Crippen molar-refractivity contribution in [3.63, 3.8) is 0 Å². The molecule has 0 amide bonds. The summed E-state index contributed by atoms with van der Waals surface area (Å²) in [6.07, 6.45) is 0. The van der Waals surface area contributed by atoms with Gasteiger partial charge in [0.2, 0.25) is 0 Å². The summed E-state index contributed by atoms with van der Waals surface area (Å²) in [7, 11) is 0. The SMILES string of the molecule is C=C(C)Nc1cccc2c1C(=O)c1c(-c3ccccc3)n[nH]c1-2. The van der Waals surface area contributed by atoms with Crippen LogP contribution in [0.1, 0.15) is 22.8 Å². The van der Waals surface area contributed by atoms with Gasteiger partial charge in [0, 0.05) is 16.8 Å². The molecule has 0 radical (unpaired) electrons. The molecular weight excluding hydrogens is 286 g/mol. The topological polar surface area (TPSA) is 57.8 Å². The Morgan fingerprint density at radius 2 is 1.87 bits per heavy atom. The van der Waals surface area contributed by atoms with E-state index in [1.807, 2.05) is 55.5 Å². The summed E-state index contributed by atoms with van der Waals surface area (Å²) >= 11 is 0. The van der Waals surface area contributed by atoms with Crippen LogP contribution in [0.2, 0.25) is 0 Å². The van der Waals surface area contributed by atoms with Crippen LogP contribution in [0, 0.1) is 0 Å². The molecule has 4 nitrogen and oxygen atoms in total. The maximum atomic E-state index is 13.0. The number of benzene rings is 2. The average molecular weight is 301 g/mol. The maximum Gasteiger partial charge on any atom is 0.200 e. The van der Waals surface area contributed by atoms with Gasteiger partial charge < -0.3 is 5.32 Å². The normalized spacial score (nSPS) is 12.0. The van der Waals surface area contributed by atoms with Crippen LogP contribution in [0.3, 0.4) is 0 Å². The molecule has 0 bridgehead atoms. The van der Waals surface area contributed by atoms with Crippen molar-refractivity contribution in [2.45, 2.75) is 6.92 Å². The lowest BCUT2D eigenvalue weighted by atomic mass is 10.0. The van der Waals surface area contributed by atoms with E-state index < -0.39 is 0 Å². The zero-order valence-electron chi connectivity index (χ0n) is 12.7. The molecule has 0 aliphatic heterocycles. The monoisotopic (exact) mass is 301 g/mol. The number of nitrogens with one attached hydrogen (secondary N) is 2. The Balaban J connectivity index is 1.90. The lowest BCUT2D eigenvalue weighted by Gasteiger charge is -2.10. The fourth-order valence-corrected chi connectivity index (χ4v) is 3.03. The smallest absolute Gasteiger partial charge is 0.200 e. The summed E-state index contributed by atoms with van der Waals surface area (Å²) in [5.74, 6) is -0.00745. The second-order valence-corrected chi connectivity index (χ2v) is 5.65. The fourth-order valence-electron chi connectivity index (χ4n) is 3.03. The van der Waals surface area contributed by atoms with Crippen LogP contribution in [0.15, 0.2) is 60.8 Å². The van der Waals surface area contributed by atoms with E-state index in [4.69, 9.17) is 0 Å². The number of carbonyl (C=O) groups excluding carboxylic acids is 1. The van der Waals surface area contributed by atoms with Crippen molar-refractivity contribution in [1.29, 1.82) is 0 Å². The van der Waals surface area contributed by atoms with Gasteiger partial charge in [-0.2, -0.15) is 5.10 Å².